The van der Waals surface area contributed by atoms with Crippen LogP contribution in [0, 0.1) is 5.82 Å². The molecule has 3 heterocycles. The smallest absolute Gasteiger partial charge is 0.266 e. The first-order chi connectivity index (χ1) is 18.1. The number of carbonyl (C=O) groups is 1. The van der Waals surface area contributed by atoms with Crippen LogP contribution in [-0.2, 0) is 16.1 Å². The molecule has 0 saturated carbocycles. The van der Waals surface area contributed by atoms with E-state index >= 15 is 0 Å². The van der Waals surface area contributed by atoms with Crippen LogP contribution in [0.4, 0.5) is 10.1 Å². The zero-order valence-corrected chi connectivity index (χ0v) is 21.0. The van der Waals surface area contributed by atoms with E-state index in [2.05, 4.69) is 10.6 Å². The Hall–Kier alpha value is -3.68. The number of carbonyl (C=O) groups excluding carboxylic acids is 1. The van der Waals surface area contributed by atoms with Crippen LogP contribution < -0.4 is 0 Å². The third-order valence-corrected chi connectivity index (χ3v) is 7.62. The molecule has 0 bridgehead atoms. The molecule has 1 aromatic heterocycles. The minimum Gasteiger partial charge on any atom is -0.376 e. The Labute approximate surface area is 219 Å². The van der Waals surface area contributed by atoms with Crippen LogP contribution in [0.3, 0.4) is 0 Å². The lowest BCUT2D eigenvalue weighted by molar-refractivity contribution is -0.123. The number of nitrogens with zero attached hydrogens (tertiary/aromatic N) is 3. The molecule has 0 unspecified atom stereocenters. The fraction of sp³-hybridized carbons (Fsp3) is 0.200. The van der Waals surface area contributed by atoms with Crippen LogP contribution in [0.1, 0.15) is 24.0 Å². The average Bonchev–Trinajstić information content (AvgIpc) is 3.62. The quantitative estimate of drug-likeness (QED) is 0.274. The summed E-state index contributed by atoms with van der Waals surface area (Å²) in [6.07, 6.45) is 5.96. The van der Waals surface area contributed by atoms with Crippen LogP contribution in [0.25, 0.3) is 17.0 Å². The fourth-order valence-corrected chi connectivity index (χ4v) is 5.79. The number of hydrogen-bond acceptors (Lipinski definition) is 4. The molecule has 1 atom stereocenters. The Kier molecular flexibility index (Phi) is 6.64. The predicted molar refractivity (Wildman–Crippen MR) is 147 cm³/mol. The lowest BCUT2D eigenvalue weighted by Crippen LogP contribution is -2.36. The normalized spacial score (nSPS) is 20.1. The fourth-order valence-electron chi connectivity index (χ4n) is 4.79. The zero-order chi connectivity index (χ0) is 25.2. The number of para-hydroxylation sites is 1. The highest BCUT2D eigenvalue weighted by molar-refractivity contribution is 8.18. The van der Waals surface area contributed by atoms with Crippen LogP contribution >= 0.6 is 11.8 Å². The number of amidine groups is 1. The van der Waals surface area contributed by atoms with Gasteiger partial charge in [0.15, 0.2) is 5.17 Å². The lowest BCUT2D eigenvalue weighted by Gasteiger charge is -2.19. The van der Waals surface area contributed by atoms with Gasteiger partial charge < -0.3 is 9.30 Å². The number of fused-ring (bicyclic) bond motifs is 1. The summed E-state index contributed by atoms with van der Waals surface area (Å²) < 4.78 is 21.5. The van der Waals surface area contributed by atoms with E-state index in [0.717, 1.165) is 47.2 Å². The predicted octanol–water partition coefficient (Wildman–Crippen LogP) is 6.61. The summed E-state index contributed by atoms with van der Waals surface area (Å²) in [5, 5.41) is 1.75. The third kappa shape index (κ3) is 5.24. The van der Waals surface area contributed by atoms with Crippen LogP contribution in [-0.4, -0.2) is 39.8 Å². The molecule has 0 aliphatic carbocycles. The van der Waals surface area contributed by atoms with E-state index in [0.29, 0.717) is 23.2 Å². The second-order valence-corrected chi connectivity index (χ2v) is 10.3. The molecule has 2 fully saturated rings. The highest BCUT2D eigenvalue weighted by Gasteiger charge is 2.35. The minimum absolute atomic E-state index is 0.0408. The molecule has 0 N–H and O–H groups in total. The van der Waals surface area contributed by atoms with Crippen molar-refractivity contribution in [1.29, 1.82) is 0 Å². The molecule has 2 saturated heterocycles. The maximum Gasteiger partial charge on any atom is 0.266 e. The van der Waals surface area contributed by atoms with Gasteiger partial charge in [0.1, 0.15) is 5.82 Å². The van der Waals surface area contributed by atoms with Crippen molar-refractivity contribution < 1.29 is 13.9 Å². The van der Waals surface area contributed by atoms with Gasteiger partial charge in [0.05, 0.1) is 23.2 Å². The number of benzene rings is 3. The van der Waals surface area contributed by atoms with Crippen molar-refractivity contribution >= 4 is 45.5 Å². The average molecular weight is 512 g/mol. The topological polar surface area (TPSA) is 46.8 Å². The van der Waals surface area contributed by atoms with Gasteiger partial charge in [-0.1, -0.05) is 36.4 Å². The highest BCUT2D eigenvalue weighted by Crippen LogP contribution is 2.35. The van der Waals surface area contributed by atoms with Crippen molar-refractivity contribution in [3.63, 3.8) is 0 Å². The Morgan fingerprint density at radius 2 is 1.95 bits per heavy atom. The maximum absolute atomic E-state index is 13.6. The highest BCUT2D eigenvalue weighted by atomic mass is 32.2. The summed E-state index contributed by atoms with van der Waals surface area (Å²) in [5.41, 5.74) is 3.73. The van der Waals surface area contributed by atoms with E-state index in [4.69, 9.17) is 9.73 Å². The summed E-state index contributed by atoms with van der Waals surface area (Å²) in [5.74, 6) is -0.274. The second kappa shape index (κ2) is 10.4. The van der Waals surface area contributed by atoms with Gasteiger partial charge in [-0.3, -0.25) is 9.69 Å². The van der Waals surface area contributed by atoms with Gasteiger partial charge in [-0.15, -0.1) is 0 Å². The SMILES string of the molecule is O=C1/C(=C\c2ccc3c(ccn3Cc3cccc(F)c3)c2)SC(=Nc2ccccc2)N1C[C@H]1CCCO1. The number of aromatic nitrogens is 1. The molecule has 4 aromatic rings. The molecule has 0 radical (unpaired) electrons. The van der Waals surface area contributed by atoms with Crippen molar-refractivity contribution in [2.75, 3.05) is 13.2 Å². The van der Waals surface area contributed by atoms with Gasteiger partial charge >= 0.3 is 0 Å². The summed E-state index contributed by atoms with van der Waals surface area (Å²) in [7, 11) is 0. The number of ether oxygens (including phenoxy) is 1. The van der Waals surface area contributed by atoms with Crippen molar-refractivity contribution in [2.24, 2.45) is 4.99 Å². The van der Waals surface area contributed by atoms with Crippen LogP contribution in [0.2, 0.25) is 0 Å². The first-order valence-corrected chi connectivity index (χ1v) is 13.2. The summed E-state index contributed by atoms with van der Waals surface area (Å²) >= 11 is 1.40. The van der Waals surface area contributed by atoms with Crippen molar-refractivity contribution in [3.05, 3.63) is 107 Å². The maximum atomic E-state index is 13.6. The number of amides is 1. The van der Waals surface area contributed by atoms with Crippen LogP contribution in [0.15, 0.2) is 95.0 Å². The molecule has 186 valence electrons. The van der Waals surface area contributed by atoms with E-state index in [1.807, 2.05) is 66.9 Å². The van der Waals surface area contributed by atoms with Gasteiger partial charge in [0.25, 0.3) is 5.91 Å². The summed E-state index contributed by atoms with van der Waals surface area (Å²) in [4.78, 5) is 20.6. The monoisotopic (exact) mass is 511 g/mol. The Balaban J connectivity index is 1.27. The Morgan fingerprint density at radius 1 is 1.05 bits per heavy atom. The Bertz CT molecular complexity index is 1510. The van der Waals surface area contributed by atoms with Gasteiger partial charge in [-0.2, -0.15) is 0 Å². The van der Waals surface area contributed by atoms with Crippen molar-refractivity contribution in [2.45, 2.75) is 25.5 Å². The first-order valence-electron chi connectivity index (χ1n) is 12.4. The lowest BCUT2D eigenvalue weighted by atomic mass is 10.1. The summed E-state index contributed by atoms with van der Waals surface area (Å²) in [6.45, 7) is 1.84. The molecule has 5 nitrogen and oxygen atoms in total. The second-order valence-electron chi connectivity index (χ2n) is 9.28. The molecule has 2 aliphatic heterocycles. The summed E-state index contributed by atoms with van der Waals surface area (Å²) in [6, 6.07) is 24.6. The van der Waals surface area contributed by atoms with E-state index in [9.17, 15) is 9.18 Å². The van der Waals surface area contributed by atoms with Crippen molar-refractivity contribution in [3.8, 4) is 0 Å². The number of rotatable bonds is 6. The van der Waals surface area contributed by atoms with E-state index < -0.39 is 0 Å². The number of halogens is 1. The Morgan fingerprint density at radius 3 is 2.76 bits per heavy atom. The number of thioether (sulfide) groups is 1. The van der Waals surface area contributed by atoms with Crippen molar-refractivity contribution in [1.82, 2.24) is 9.47 Å². The minimum atomic E-state index is -0.231. The molecule has 37 heavy (non-hydrogen) atoms. The van der Waals surface area contributed by atoms with E-state index in [1.165, 1.54) is 17.8 Å². The zero-order valence-electron chi connectivity index (χ0n) is 20.2. The van der Waals surface area contributed by atoms with Gasteiger partial charge in [0.2, 0.25) is 0 Å². The molecule has 7 heteroatoms. The molecule has 2 aliphatic rings. The molecule has 3 aromatic carbocycles. The first kappa shape index (κ1) is 23.7. The standard InChI is InChI=1S/C30H26FN3O2S/c31-24-7-4-6-22(17-24)19-33-14-13-23-16-21(11-12-27(23)33)18-28-29(35)34(20-26-10-5-15-36-26)30(37-28)32-25-8-2-1-3-9-25/h1-4,6-9,11-14,16-18,26H,5,10,15,19-20H2/b28-18+,32-30?/t26-/m1/s1. The number of aliphatic imine (C=N–C) groups is 1. The van der Waals surface area contributed by atoms with Gasteiger partial charge in [-0.25, -0.2) is 9.38 Å². The van der Waals surface area contributed by atoms with Crippen LogP contribution in [0.5, 0.6) is 0 Å². The number of hydrogen-bond donors (Lipinski definition) is 0. The van der Waals surface area contributed by atoms with Gasteiger partial charge in [-0.05, 0) is 84.3 Å². The molecular formula is C30H26FN3O2S. The molecule has 1 amide bonds. The van der Waals surface area contributed by atoms with Gasteiger partial charge in [0, 0.05) is 30.3 Å². The molecule has 6 rings (SSSR count). The third-order valence-electron chi connectivity index (χ3n) is 6.61. The van der Waals surface area contributed by atoms with E-state index in [1.54, 1.807) is 17.0 Å². The molecular weight excluding hydrogens is 485 g/mol. The largest absolute Gasteiger partial charge is 0.376 e. The van der Waals surface area contributed by atoms with E-state index in [-0.39, 0.29) is 17.8 Å². The molecule has 0 spiro atoms.